The van der Waals surface area contributed by atoms with Crippen LogP contribution in [0.5, 0.6) is 5.75 Å². The van der Waals surface area contributed by atoms with E-state index in [1.165, 1.54) is 4.90 Å². The minimum absolute atomic E-state index is 0.124. The summed E-state index contributed by atoms with van der Waals surface area (Å²) in [5.41, 5.74) is 4.81. The van der Waals surface area contributed by atoms with Crippen LogP contribution >= 0.6 is 11.8 Å². The molecule has 0 radical (unpaired) electrons. The number of carbonyl (C=O) groups excluding carboxylic acids is 1. The number of ketones is 1. The van der Waals surface area contributed by atoms with Gasteiger partial charge in [-0.25, -0.2) is 4.98 Å². The van der Waals surface area contributed by atoms with Gasteiger partial charge in [0.25, 0.3) is 0 Å². The van der Waals surface area contributed by atoms with Crippen LogP contribution in [0.15, 0.2) is 71.9 Å². The van der Waals surface area contributed by atoms with Crippen LogP contribution in [-0.4, -0.2) is 40.3 Å². The summed E-state index contributed by atoms with van der Waals surface area (Å²) in [4.78, 5) is 23.4. The highest BCUT2D eigenvalue weighted by molar-refractivity contribution is 7.98. The Labute approximate surface area is 190 Å². The van der Waals surface area contributed by atoms with Crippen LogP contribution in [0.25, 0.3) is 33.3 Å². The number of hydrogen-bond acceptors (Lipinski definition) is 6. The molecule has 2 aromatic carbocycles. The molecule has 5 nitrogen and oxygen atoms in total. The average Bonchev–Trinajstić information content (AvgIpc) is 3.59. The number of nitrogens with zero attached hydrogens (tertiary/aromatic N) is 2. The normalized spacial score (nSPS) is 17.3. The van der Waals surface area contributed by atoms with Gasteiger partial charge in [-0.1, -0.05) is 36.4 Å². The summed E-state index contributed by atoms with van der Waals surface area (Å²) >= 11 is 1.72. The van der Waals surface area contributed by atoms with E-state index in [2.05, 4.69) is 35.5 Å². The molecule has 2 atom stereocenters. The Bertz CT molecular complexity index is 1300. The van der Waals surface area contributed by atoms with Crippen LogP contribution in [0, 0.1) is 5.92 Å². The fraction of sp³-hybridized carbons (Fsp3) is 0.192. The number of rotatable bonds is 6. The van der Waals surface area contributed by atoms with E-state index in [1.54, 1.807) is 37.3 Å². The minimum atomic E-state index is -0.590. The highest BCUT2D eigenvalue weighted by atomic mass is 32.2. The molecule has 0 bridgehead atoms. The Hall–Kier alpha value is -3.22. The van der Waals surface area contributed by atoms with Crippen LogP contribution in [-0.2, 0) is 0 Å². The molecule has 1 fully saturated rings. The summed E-state index contributed by atoms with van der Waals surface area (Å²) in [6.07, 6.45) is 5.25. The molecule has 1 saturated carbocycles. The second-order valence-electron chi connectivity index (χ2n) is 7.84. The molecule has 32 heavy (non-hydrogen) atoms. The minimum Gasteiger partial charge on any atom is -0.494 e. The number of hydrogen-bond donors (Lipinski definition) is 1. The molecule has 2 heterocycles. The van der Waals surface area contributed by atoms with Crippen molar-refractivity contribution in [2.45, 2.75) is 17.4 Å². The second kappa shape index (κ2) is 8.37. The molecule has 0 saturated heterocycles. The molecule has 4 aromatic rings. The van der Waals surface area contributed by atoms with Crippen molar-refractivity contribution in [3.8, 4) is 28.1 Å². The van der Waals surface area contributed by atoms with Crippen molar-refractivity contribution in [2.75, 3.05) is 13.4 Å². The summed E-state index contributed by atoms with van der Waals surface area (Å²) in [5, 5.41) is 10.5. The first kappa shape index (κ1) is 20.7. The average molecular weight is 443 g/mol. The van der Waals surface area contributed by atoms with Gasteiger partial charge in [0.15, 0.2) is 11.5 Å². The third-order valence-corrected chi connectivity index (χ3v) is 6.61. The van der Waals surface area contributed by atoms with Crippen LogP contribution in [0.2, 0.25) is 0 Å². The van der Waals surface area contributed by atoms with E-state index >= 15 is 0 Å². The SMILES string of the molecule is COc1c(-c2ccc(-c3ccc(SC)cc3)cc2)nc2ccncc2c1C(=O)C1C[C@H]1O. The van der Waals surface area contributed by atoms with Crippen LogP contribution in [0.4, 0.5) is 0 Å². The number of methoxy groups -OCH3 is 1. The number of Topliss-reactive ketones (excluding diaryl/α,β-unsaturated/α-hetero) is 1. The molecule has 1 N–H and O–H groups in total. The lowest BCUT2D eigenvalue weighted by molar-refractivity contribution is 0.0942. The standard InChI is InChI=1S/C26H22N2O3S/c1-31-26-23(25(30)19-13-22(19)29)20-14-27-12-11-21(20)28-24(26)17-5-3-15(4-6-17)16-7-9-18(32-2)10-8-16/h3-12,14,19,22,29H,13H2,1-2H3/t19?,22-/m1/s1. The maximum absolute atomic E-state index is 13.2. The van der Waals surface area contributed by atoms with Crippen LogP contribution in [0.3, 0.4) is 0 Å². The van der Waals surface area contributed by atoms with Gasteiger partial charge in [0.2, 0.25) is 0 Å². The lowest BCUT2D eigenvalue weighted by atomic mass is 9.97. The Morgan fingerprint density at radius 2 is 1.66 bits per heavy atom. The van der Waals surface area contributed by atoms with Crippen molar-refractivity contribution in [1.82, 2.24) is 9.97 Å². The molecular formula is C26H22N2O3S. The topological polar surface area (TPSA) is 72.3 Å². The van der Waals surface area contributed by atoms with Gasteiger partial charge in [0, 0.05) is 28.2 Å². The number of thioether (sulfide) groups is 1. The highest BCUT2D eigenvalue weighted by Crippen LogP contribution is 2.42. The number of fused-ring (bicyclic) bond motifs is 1. The number of ether oxygens (including phenoxy) is 1. The molecule has 0 spiro atoms. The number of pyridine rings is 2. The summed E-state index contributed by atoms with van der Waals surface area (Å²) < 4.78 is 5.72. The molecule has 1 aliphatic rings. The maximum atomic E-state index is 13.2. The number of aromatic nitrogens is 2. The summed E-state index contributed by atoms with van der Waals surface area (Å²) in [5.74, 6) is -0.0950. The molecule has 0 aliphatic heterocycles. The van der Waals surface area contributed by atoms with Gasteiger partial charge in [0.1, 0.15) is 5.69 Å². The fourth-order valence-corrected chi connectivity index (χ4v) is 4.39. The van der Waals surface area contributed by atoms with Crippen molar-refractivity contribution in [1.29, 1.82) is 0 Å². The highest BCUT2D eigenvalue weighted by Gasteiger charge is 2.43. The zero-order valence-corrected chi connectivity index (χ0v) is 18.6. The number of carbonyl (C=O) groups is 1. The van der Waals surface area contributed by atoms with Crippen molar-refractivity contribution >= 4 is 28.4 Å². The number of benzene rings is 2. The lowest BCUT2D eigenvalue weighted by Crippen LogP contribution is -2.10. The third kappa shape index (κ3) is 3.66. The first-order chi connectivity index (χ1) is 15.6. The lowest BCUT2D eigenvalue weighted by Gasteiger charge is -2.15. The predicted molar refractivity (Wildman–Crippen MR) is 127 cm³/mol. The number of aliphatic hydroxyl groups is 1. The molecule has 160 valence electrons. The predicted octanol–water partition coefficient (Wildman–Crippen LogP) is 5.26. The van der Waals surface area contributed by atoms with E-state index in [9.17, 15) is 9.90 Å². The van der Waals surface area contributed by atoms with Crippen molar-refractivity contribution in [3.63, 3.8) is 0 Å². The fourth-order valence-electron chi connectivity index (χ4n) is 3.98. The molecule has 2 aromatic heterocycles. The van der Waals surface area contributed by atoms with E-state index in [4.69, 9.17) is 9.72 Å². The van der Waals surface area contributed by atoms with Gasteiger partial charge >= 0.3 is 0 Å². The smallest absolute Gasteiger partial charge is 0.173 e. The Balaban J connectivity index is 1.61. The maximum Gasteiger partial charge on any atom is 0.173 e. The molecule has 5 rings (SSSR count). The van der Waals surface area contributed by atoms with E-state index in [1.807, 2.05) is 24.3 Å². The van der Waals surface area contributed by atoms with Gasteiger partial charge in [-0.3, -0.25) is 9.78 Å². The van der Waals surface area contributed by atoms with E-state index < -0.39 is 12.0 Å². The molecular weight excluding hydrogens is 420 g/mol. The third-order valence-electron chi connectivity index (χ3n) is 5.87. The largest absolute Gasteiger partial charge is 0.494 e. The zero-order valence-electron chi connectivity index (χ0n) is 17.8. The zero-order chi connectivity index (χ0) is 22.2. The Kier molecular flexibility index (Phi) is 5.41. The summed E-state index contributed by atoms with van der Waals surface area (Å²) in [6.45, 7) is 0. The van der Waals surface area contributed by atoms with Crippen LogP contribution < -0.4 is 4.74 Å². The van der Waals surface area contributed by atoms with E-state index in [0.717, 1.165) is 16.7 Å². The van der Waals surface area contributed by atoms with Crippen LogP contribution in [0.1, 0.15) is 16.8 Å². The molecule has 1 unspecified atom stereocenters. The second-order valence-corrected chi connectivity index (χ2v) is 8.72. The van der Waals surface area contributed by atoms with Gasteiger partial charge in [-0.2, -0.15) is 0 Å². The first-order valence-electron chi connectivity index (χ1n) is 10.4. The molecule has 1 aliphatic carbocycles. The van der Waals surface area contributed by atoms with Gasteiger partial charge < -0.3 is 9.84 Å². The monoisotopic (exact) mass is 442 g/mol. The first-order valence-corrected chi connectivity index (χ1v) is 11.6. The van der Waals surface area contributed by atoms with Crippen molar-refractivity contribution < 1.29 is 14.6 Å². The van der Waals surface area contributed by atoms with Crippen molar-refractivity contribution in [3.05, 3.63) is 72.6 Å². The summed E-state index contributed by atoms with van der Waals surface area (Å²) in [6, 6.07) is 18.3. The number of aliphatic hydroxyl groups excluding tert-OH is 1. The quantitative estimate of drug-likeness (QED) is 0.324. The van der Waals surface area contributed by atoms with E-state index in [0.29, 0.717) is 34.3 Å². The van der Waals surface area contributed by atoms with E-state index in [-0.39, 0.29) is 5.78 Å². The molecule has 6 heteroatoms. The summed E-state index contributed by atoms with van der Waals surface area (Å²) in [7, 11) is 1.55. The van der Waals surface area contributed by atoms with Gasteiger partial charge in [-0.05, 0) is 42.0 Å². The van der Waals surface area contributed by atoms with Gasteiger partial charge in [0.05, 0.1) is 30.2 Å². The Morgan fingerprint density at radius 3 is 2.25 bits per heavy atom. The van der Waals surface area contributed by atoms with Crippen molar-refractivity contribution in [2.24, 2.45) is 5.92 Å². The Morgan fingerprint density at radius 1 is 1.03 bits per heavy atom. The van der Waals surface area contributed by atoms with Gasteiger partial charge in [-0.15, -0.1) is 11.8 Å². The molecule has 0 amide bonds.